The molecule has 1 heterocycles. The smallest absolute Gasteiger partial charge is 0.326 e. The monoisotopic (exact) mass is 297 g/mol. The molecule has 3 amide bonds. The lowest BCUT2D eigenvalue weighted by Crippen LogP contribution is -2.54. The van der Waals surface area contributed by atoms with Crippen molar-refractivity contribution in [2.75, 3.05) is 0 Å². The van der Waals surface area contributed by atoms with Crippen LogP contribution in [0.15, 0.2) is 12.5 Å². The molecule has 0 radical (unpaired) electrons. The van der Waals surface area contributed by atoms with Crippen molar-refractivity contribution in [2.45, 2.75) is 32.4 Å². The molecule has 0 spiro atoms. The average molecular weight is 297 g/mol. The second kappa shape index (κ2) is 7.27. The number of carboxylic acids is 1. The third-order valence-corrected chi connectivity index (χ3v) is 2.84. The molecule has 0 aliphatic carbocycles. The summed E-state index contributed by atoms with van der Waals surface area (Å²) in [5, 5.41) is 13.8. The van der Waals surface area contributed by atoms with Gasteiger partial charge in [-0.3, -0.25) is 4.79 Å². The predicted molar refractivity (Wildman–Crippen MR) is 73.2 cm³/mol. The minimum atomic E-state index is -1.19. The van der Waals surface area contributed by atoms with E-state index in [4.69, 9.17) is 10.8 Å². The van der Waals surface area contributed by atoms with E-state index in [2.05, 4.69) is 20.6 Å². The molecular weight excluding hydrogens is 278 g/mol. The lowest BCUT2D eigenvalue weighted by Gasteiger charge is -2.21. The molecule has 1 aromatic rings. The quantitative estimate of drug-likeness (QED) is 0.447. The van der Waals surface area contributed by atoms with Crippen molar-refractivity contribution in [1.29, 1.82) is 0 Å². The molecule has 0 fully saturated rings. The molecule has 0 saturated carbocycles. The first-order chi connectivity index (χ1) is 9.81. The summed E-state index contributed by atoms with van der Waals surface area (Å²) in [6.07, 6.45) is 2.93. The van der Waals surface area contributed by atoms with Gasteiger partial charge in [0.1, 0.15) is 12.1 Å². The summed E-state index contributed by atoms with van der Waals surface area (Å²) in [7, 11) is 0. The molecule has 0 aliphatic rings. The first kappa shape index (κ1) is 16.5. The van der Waals surface area contributed by atoms with Gasteiger partial charge in [0.05, 0.1) is 6.33 Å². The fraction of sp³-hybridized carbons (Fsp3) is 0.500. The number of hydrogen-bond donors (Lipinski definition) is 5. The zero-order chi connectivity index (χ0) is 16.0. The highest BCUT2D eigenvalue weighted by molar-refractivity contribution is 5.88. The molecule has 0 aliphatic heterocycles. The maximum atomic E-state index is 11.8. The van der Waals surface area contributed by atoms with Gasteiger partial charge in [-0.05, 0) is 5.92 Å². The van der Waals surface area contributed by atoms with E-state index in [0.29, 0.717) is 5.69 Å². The Balaban J connectivity index is 2.64. The highest BCUT2D eigenvalue weighted by Crippen LogP contribution is 2.02. The molecule has 2 atom stereocenters. The number of H-pyrrole nitrogens is 1. The maximum Gasteiger partial charge on any atom is 0.326 e. The Bertz CT molecular complexity index is 500. The Hall–Kier alpha value is -2.58. The van der Waals surface area contributed by atoms with E-state index in [9.17, 15) is 14.4 Å². The first-order valence-corrected chi connectivity index (χ1v) is 6.37. The number of rotatable bonds is 7. The Morgan fingerprint density at radius 1 is 1.38 bits per heavy atom. The van der Waals surface area contributed by atoms with E-state index in [1.54, 1.807) is 13.8 Å². The van der Waals surface area contributed by atoms with Crippen molar-refractivity contribution in [1.82, 2.24) is 20.6 Å². The number of aliphatic carboxylic acids is 1. The summed E-state index contributed by atoms with van der Waals surface area (Å²) < 4.78 is 0. The van der Waals surface area contributed by atoms with E-state index in [1.165, 1.54) is 12.5 Å². The van der Waals surface area contributed by atoms with Crippen LogP contribution in [0.5, 0.6) is 0 Å². The fourth-order valence-electron chi connectivity index (χ4n) is 1.72. The number of aromatic amines is 1. The normalized spacial score (nSPS) is 13.5. The molecule has 1 rings (SSSR count). The van der Waals surface area contributed by atoms with E-state index in [1.807, 2.05) is 0 Å². The molecule has 1 aromatic heterocycles. The molecule has 116 valence electrons. The summed E-state index contributed by atoms with van der Waals surface area (Å²) in [6.45, 7) is 3.43. The summed E-state index contributed by atoms with van der Waals surface area (Å²) in [5.74, 6) is -2.08. The van der Waals surface area contributed by atoms with Gasteiger partial charge in [-0.15, -0.1) is 0 Å². The molecule has 0 aromatic carbocycles. The first-order valence-electron chi connectivity index (χ1n) is 6.37. The van der Waals surface area contributed by atoms with Crippen molar-refractivity contribution in [3.63, 3.8) is 0 Å². The van der Waals surface area contributed by atoms with Gasteiger partial charge in [0.15, 0.2) is 0 Å². The van der Waals surface area contributed by atoms with Crippen LogP contribution < -0.4 is 16.4 Å². The summed E-state index contributed by atoms with van der Waals surface area (Å²) in [5.41, 5.74) is 5.74. The standard InChI is InChI=1S/C12H19N5O4/c1-6(2)9(10(13)18)17-12(21)16-8(11(19)20)3-7-4-14-5-15-7/h4-6,8-9H,3H2,1-2H3,(H2,13,18)(H,14,15)(H,19,20)(H2,16,17,21)/t8-,9?/m0/s1. The molecule has 9 nitrogen and oxygen atoms in total. The Morgan fingerprint density at radius 2 is 2.05 bits per heavy atom. The number of carbonyl (C=O) groups is 3. The molecule has 21 heavy (non-hydrogen) atoms. The Labute approximate surface area is 121 Å². The summed E-state index contributed by atoms with van der Waals surface area (Å²) in [6, 6.07) is -2.78. The van der Waals surface area contributed by atoms with Crippen molar-refractivity contribution in [3.05, 3.63) is 18.2 Å². The van der Waals surface area contributed by atoms with Crippen molar-refractivity contribution < 1.29 is 19.5 Å². The number of primary amides is 1. The van der Waals surface area contributed by atoms with Gasteiger partial charge >= 0.3 is 12.0 Å². The molecule has 1 unspecified atom stereocenters. The number of urea groups is 1. The van der Waals surface area contributed by atoms with Crippen LogP contribution in [0.4, 0.5) is 4.79 Å². The fourth-order valence-corrected chi connectivity index (χ4v) is 1.72. The second-order valence-electron chi connectivity index (χ2n) is 4.91. The summed E-state index contributed by atoms with van der Waals surface area (Å²) in [4.78, 5) is 40.7. The van der Waals surface area contributed by atoms with Crippen molar-refractivity contribution in [3.8, 4) is 0 Å². The maximum absolute atomic E-state index is 11.8. The molecular formula is C12H19N5O4. The third-order valence-electron chi connectivity index (χ3n) is 2.84. The van der Waals surface area contributed by atoms with Gasteiger partial charge in [0.25, 0.3) is 0 Å². The van der Waals surface area contributed by atoms with Gasteiger partial charge in [0, 0.05) is 18.3 Å². The number of nitrogens with two attached hydrogens (primary N) is 1. The van der Waals surface area contributed by atoms with Crippen LogP contribution in [0.25, 0.3) is 0 Å². The van der Waals surface area contributed by atoms with Gasteiger partial charge in [-0.25, -0.2) is 14.6 Å². The number of aromatic nitrogens is 2. The van der Waals surface area contributed by atoms with Crippen LogP contribution in [-0.2, 0) is 16.0 Å². The SMILES string of the molecule is CC(C)C(NC(=O)N[C@@H](Cc1cnc[nH]1)C(=O)O)C(N)=O. The van der Waals surface area contributed by atoms with Gasteiger partial charge in [0.2, 0.25) is 5.91 Å². The largest absolute Gasteiger partial charge is 0.480 e. The van der Waals surface area contributed by atoms with Crippen LogP contribution in [-0.4, -0.2) is 45.1 Å². The minimum absolute atomic E-state index is 0.0473. The molecule has 0 saturated heterocycles. The predicted octanol–water partition coefficient (Wildman–Crippen LogP) is -0.785. The third kappa shape index (κ3) is 5.13. The van der Waals surface area contributed by atoms with E-state index in [0.717, 1.165) is 0 Å². The number of imidazole rings is 1. The van der Waals surface area contributed by atoms with E-state index < -0.39 is 30.0 Å². The zero-order valence-electron chi connectivity index (χ0n) is 11.8. The Kier molecular flexibility index (Phi) is 5.70. The zero-order valence-corrected chi connectivity index (χ0v) is 11.8. The van der Waals surface area contributed by atoms with Gasteiger partial charge in [-0.1, -0.05) is 13.8 Å². The number of hydrogen-bond acceptors (Lipinski definition) is 4. The Morgan fingerprint density at radius 3 is 2.48 bits per heavy atom. The second-order valence-corrected chi connectivity index (χ2v) is 4.91. The van der Waals surface area contributed by atoms with Crippen LogP contribution in [0, 0.1) is 5.92 Å². The van der Waals surface area contributed by atoms with Crippen LogP contribution in [0.2, 0.25) is 0 Å². The molecule has 9 heteroatoms. The van der Waals surface area contributed by atoms with E-state index in [-0.39, 0.29) is 12.3 Å². The summed E-state index contributed by atoms with van der Waals surface area (Å²) >= 11 is 0. The highest BCUT2D eigenvalue weighted by atomic mass is 16.4. The van der Waals surface area contributed by atoms with Crippen LogP contribution in [0.3, 0.4) is 0 Å². The van der Waals surface area contributed by atoms with E-state index >= 15 is 0 Å². The lowest BCUT2D eigenvalue weighted by molar-refractivity contribution is -0.139. The average Bonchev–Trinajstić information content (AvgIpc) is 2.87. The number of amides is 3. The number of nitrogens with zero attached hydrogens (tertiary/aromatic N) is 1. The lowest BCUT2D eigenvalue weighted by atomic mass is 10.0. The number of carboxylic acid groups (broad SMARTS) is 1. The van der Waals surface area contributed by atoms with Gasteiger partial charge < -0.3 is 26.5 Å². The van der Waals surface area contributed by atoms with Crippen molar-refractivity contribution >= 4 is 17.9 Å². The topological polar surface area (TPSA) is 150 Å². The van der Waals surface area contributed by atoms with Gasteiger partial charge in [-0.2, -0.15) is 0 Å². The number of carbonyl (C=O) groups excluding carboxylic acids is 2. The van der Waals surface area contributed by atoms with Crippen LogP contribution >= 0.6 is 0 Å². The highest BCUT2D eigenvalue weighted by Gasteiger charge is 2.25. The molecule has 6 N–H and O–H groups in total. The number of nitrogens with one attached hydrogen (secondary N) is 3. The van der Waals surface area contributed by atoms with Crippen LogP contribution in [0.1, 0.15) is 19.5 Å². The van der Waals surface area contributed by atoms with Crippen molar-refractivity contribution in [2.24, 2.45) is 11.7 Å². The molecule has 0 bridgehead atoms. The minimum Gasteiger partial charge on any atom is -0.480 e.